The summed E-state index contributed by atoms with van der Waals surface area (Å²) in [4.78, 5) is 59.9. The number of nitrogens with one attached hydrogen (secondary N) is 2. The maximum absolute atomic E-state index is 12.2. The van der Waals surface area contributed by atoms with Gasteiger partial charge in [0.25, 0.3) is 11.8 Å². The lowest BCUT2D eigenvalue weighted by molar-refractivity contribution is -0.145. The molecular formula is C22H35N3O7. The van der Waals surface area contributed by atoms with Crippen molar-refractivity contribution in [3.63, 3.8) is 0 Å². The molecular weight excluding hydrogens is 418 g/mol. The number of amides is 4. The predicted molar refractivity (Wildman–Crippen MR) is 116 cm³/mol. The molecule has 0 saturated carbocycles. The molecule has 0 fully saturated rings. The quantitative estimate of drug-likeness (QED) is 0.247. The van der Waals surface area contributed by atoms with Gasteiger partial charge in [-0.2, -0.15) is 0 Å². The SMILES string of the molecule is COC(=O)C(CCCCNC(=O)OC(C)(C)C)NC(=O)CCCCCN1C(=O)C=CC1=O. The van der Waals surface area contributed by atoms with Gasteiger partial charge in [0.2, 0.25) is 5.91 Å². The minimum atomic E-state index is -0.750. The van der Waals surface area contributed by atoms with Gasteiger partial charge in [-0.25, -0.2) is 9.59 Å². The molecule has 1 unspecified atom stereocenters. The molecule has 0 radical (unpaired) electrons. The van der Waals surface area contributed by atoms with Crippen LogP contribution in [0.1, 0.15) is 65.7 Å². The number of rotatable bonds is 13. The van der Waals surface area contributed by atoms with Crippen LogP contribution in [-0.4, -0.2) is 66.5 Å². The lowest BCUT2D eigenvalue weighted by atomic mass is 10.1. The second-order valence-corrected chi connectivity index (χ2v) is 8.54. The second kappa shape index (κ2) is 13.5. The van der Waals surface area contributed by atoms with Crippen LogP contribution in [0, 0.1) is 0 Å². The number of hydrogen-bond acceptors (Lipinski definition) is 7. The summed E-state index contributed by atoms with van der Waals surface area (Å²) in [7, 11) is 1.27. The van der Waals surface area contributed by atoms with Gasteiger partial charge in [-0.3, -0.25) is 19.3 Å². The Kier molecular flexibility index (Phi) is 11.4. The van der Waals surface area contributed by atoms with Crippen molar-refractivity contribution in [3.8, 4) is 0 Å². The molecule has 0 aromatic heterocycles. The highest BCUT2D eigenvalue weighted by Crippen LogP contribution is 2.09. The van der Waals surface area contributed by atoms with E-state index in [9.17, 15) is 24.0 Å². The van der Waals surface area contributed by atoms with Crippen LogP contribution in [0.5, 0.6) is 0 Å². The second-order valence-electron chi connectivity index (χ2n) is 8.54. The normalized spacial score (nSPS) is 14.3. The molecule has 1 heterocycles. The predicted octanol–water partition coefficient (Wildman–Crippen LogP) is 1.82. The highest BCUT2D eigenvalue weighted by Gasteiger charge is 2.23. The summed E-state index contributed by atoms with van der Waals surface area (Å²) in [6.07, 6.45) is 5.68. The Morgan fingerprint density at radius 3 is 2.25 bits per heavy atom. The zero-order chi connectivity index (χ0) is 24.1. The third-order valence-corrected chi connectivity index (χ3v) is 4.59. The number of methoxy groups -OCH3 is 1. The molecule has 10 heteroatoms. The van der Waals surface area contributed by atoms with E-state index in [4.69, 9.17) is 9.47 Å². The summed E-state index contributed by atoms with van der Waals surface area (Å²) >= 11 is 0. The first-order valence-corrected chi connectivity index (χ1v) is 10.9. The molecule has 32 heavy (non-hydrogen) atoms. The summed E-state index contributed by atoms with van der Waals surface area (Å²) in [6.45, 7) is 6.07. The van der Waals surface area contributed by atoms with Crippen molar-refractivity contribution in [1.29, 1.82) is 0 Å². The minimum absolute atomic E-state index is 0.230. The van der Waals surface area contributed by atoms with Gasteiger partial charge >= 0.3 is 12.1 Å². The first-order chi connectivity index (χ1) is 15.0. The number of ether oxygens (including phenoxy) is 2. The average molecular weight is 454 g/mol. The molecule has 1 rings (SSSR count). The summed E-state index contributed by atoms with van der Waals surface area (Å²) in [5.41, 5.74) is -0.565. The van der Waals surface area contributed by atoms with Crippen LogP contribution in [0.15, 0.2) is 12.2 Å². The van der Waals surface area contributed by atoms with Crippen molar-refractivity contribution < 1.29 is 33.4 Å². The van der Waals surface area contributed by atoms with E-state index in [0.29, 0.717) is 51.6 Å². The fraction of sp³-hybridized carbons (Fsp3) is 0.682. The Morgan fingerprint density at radius 1 is 1.00 bits per heavy atom. The molecule has 2 N–H and O–H groups in total. The summed E-state index contributed by atoms with van der Waals surface area (Å²) in [5.74, 6) is -1.40. The highest BCUT2D eigenvalue weighted by molar-refractivity contribution is 6.12. The largest absolute Gasteiger partial charge is 0.467 e. The number of alkyl carbamates (subject to hydrolysis) is 1. The number of esters is 1. The van der Waals surface area contributed by atoms with Crippen molar-refractivity contribution in [3.05, 3.63) is 12.2 Å². The summed E-state index contributed by atoms with van der Waals surface area (Å²) in [5, 5.41) is 5.34. The van der Waals surface area contributed by atoms with Crippen LogP contribution in [0.3, 0.4) is 0 Å². The molecule has 0 aromatic carbocycles. The minimum Gasteiger partial charge on any atom is -0.467 e. The first-order valence-electron chi connectivity index (χ1n) is 10.9. The van der Waals surface area contributed by atoms with Gasteiger partial charge in [-0.1, -0.05) is 6.42 Å². The van der Waals surface area contributed by atoms with E-state index < -0.39 is 23.7 Å². The van der Waals surface area contributed by atoms with Gasteiger partial charge in [0, 0.05) is 31.7 Å². The Morgan fingerprint density at radius 2 is 1.66 bits per heavy atom. The Labute approximate surface area is 189 Å². The van der Waals surface area contributed by atoms with E-state index in [-0.39, 0.29) is 24.1 Å². The molecule has 1 aliphatic rings. The molecule has 1 atom stereocenters. The number of nitrogens with zero attached hydrogens (tertiary/aromatic N) is 1. The number of imide groups is 1. The molecule has 10 nitrogen and oxygen atoms in total. The number of unbranched alkanes of at least 4 members (excludes halogenated alkanes) is 3. The Balaban J connectivity index is 2.23. The molecule has 4 amide bonds. The number of carbonyl (C=O) groups excluding carboxylic acids is 5. The van der Waals surface area contributed by atoms with Gasteiger partial charge in [0.1, 0.15) is 11.6 Å². The van der Waals surface area contributed by atoms with Crippen molar-refractivity contribution >= 4 is 29.8 Å². The molecule has 0 bridgehead atoms. The maximum atomic E-state index is 12.2. The van der Waals surface area contributed by atoms with Gasteiger partial charge in [0.05, 0.1) is 7.11 Å². The van der Waals surface area contributed by atoms with Crippen LogP contribution in [0.25, 0.3) is 0 Å². The van der Waals surface area contributed by atoms with Crippen molar-refractivity contribution in [2.24, 2.45) is 0 Å². The lowest BCUT2D eigenvalue weighted by Gasteiger charge is -2.20. The molecule has 0 aliphatic carbocycles. The van der Waals surface area contributed by atoms with Gasteiger partial charge in [-0.15, -0.1) is 0 Å². The van der Waals surface area contributed by atoms with Gasteiger partial charge in [0.15, 0.2) is 0 Å². The zero-order valence-corrected chi connectivity index (χ0v) is 19.4. The van der Waals surface area contributed by atoms with Crippen molar-refractivity contribution in [2.45, 2.75) is 77.4 Å². The van der Waals surface area contributed by atoms with Crippen LogP contribution in [0.4, 0.5) is 4.79 Å². The first kappa shape index (κ1) is 27.1. The topological polar surface area (TPSA) is 131 Å². The van der Waals surface area contributed by atoms with Crippen LogP contribution in [0.2, 0.25) is 0 Å². The van der Waals surface area contributed by atoms with E-state index in [1.165, 1.54) is 24.2 Å². The zero-order valence-electron chi connectivity index (χ0n) is 19.4. The lowest BCUT2D eigenvalue weighted by Crippen LogP contribution is -2.41. The van der Waals surface area contributed by atoms with E-state index in [0.717, 1.165) is 0 Å². The van der Waals surface area contributed by atoms with Gasteiger partial charge in [-0.05, 0) is 52.9 Å². The smallest absolute Gasteiger partial charge is 0.407 e. The molecule has 180 valence electrons. The summed E-state index contributed by atoms with van der Waals surface area (Å²) < 4.78 is 9.91. The van der Waals surface area contributed by atoms with Gasteiger partial charge < -0.3 is 20.1 Å². The molecule has 1 aliphatic heterocycles. The van der Waals surface area contributed by atoms with E-state index in [1.807, 2.05) is 0 Å². The van der Waals surface area contributed by atoms with Crippen LogP contribution >= 0.6 is 0 Å². The third-order valence-electron chi connectivity index (χ3n) is 4.59. The fourth-order valence-electron chi connectivity index (χ4n) is 3.02. The standard InChI is InChI=1S/C22H35N3O7/c1-22(2,3)32-21(30)23-14-8-7-10-16(20(29)31-4)24-17(26)11-6-5-9-15-25-18(27)12-13-19(25)28/h12-13,16H,5-11,14-15H2,1-4H3,(H,23,30)(H,24,26). The maximum Gasteiger partial charge on any atom is 0.407 e. The van der Waals surface area contributed by atoms with Crippen LogP contribution in [-0.2, 0) is 28.7 Å². The fourth-order valence-corrected chi connectivity index (χ4v) is 3.02. The molecule has 0 aromatic rings. The van der Waals surface area contributed by atoms with Crippen molar-refractivity contribution in [2.75, 3.05) is 20.2 Å². The van der Waals surface area contributed by atoms with E-state index in [2.05, 4.69) is 10.6 Å². The molecule has 0 saturated heterocycles. The Hall–Kier alpha value is -2.91. The van der Waals surface area contributed by atoms with Crippen LogP contribution < -0.4 is 10.6 Å². The monoisotopic (exact) mass is 453 g/mol. The van der Waals surface area contributed by atoms with E-state index in [1.54, 1.807) is 20.8 Å². The Bertz CT molecular complexity index is 695. The summed E-state index contributed by atoms with van der Waals surface area (Å²) in [6, 6.07) is -0.750. The molecule has 0 spiro atoms. The average Bonchev–Trinajstić information content (AvgIpc) is 3.02. The number of hydrogen-bond donors (Lipinski definition) is 2. The number of carbonyl (C=O) groups is 5. The third kappa shape index (κ3) is 10.9. The van der Waals surface area contributed by atoms with E-state index >= 15 is 0 Å². The highest BCUT2D eigenvalue weighted by atomic mass is 16.6. The van der Waals surface area contributed by atoms with Crippen molar-refractivity contribution in [1.82, 2.24) is 15.5 Å².